The van der Waals surface area contributed by atoms with Crippen LogP contribution in [0.15, 0.2) is 54.6 Å². The van der Waals surface area contributed by atoms with E-state index >= 15 is 0 Å². The number of rotatable bonds is 33. The fourth-order valence-corrected chi connectivity index (χ4v) is 3.77. The number of carbonyl (C=O) groups excluding carboxylic acids is 2. The normalized spacial score (nSPS) is 11.0. The Bertz CT molecular complexity index is 1060. The lowest BCUT2D eigenvalue weighted by Gasteiger charge is -2.09. The van der Waals surface area contributed by atoms with Gasteiger partial charge in [-0.15, -0.1) is 0 Å². The fraction of sp³-hybridized carbons (Fsp3) is 0.600. The van der Waals surface area contributed by atoms with Crippen molar-refractivity contribution in [3.05, 3.63) is 60.2 Å². The molecule has 1 N–H and O–H groups in total. The summed E-state index contributed by atoms with van der Waals surface area (Å²) in [5, 5.41) is 2.71. The second-order valence-electron chi connectivity index (χ2n) is 10.1. The first-order valence-corrected chi connectivity index (χ1v) is 16.6. The van der Waals surface area contributed by atoms with Crippen molar-refractivity contribution in [3.63, 3.8) is 0 Å². The summed E-state index contributed by atoms with van der Waals surface area (Å²) in [6.07, 6.45) is 0. The average molecular weight is 696 g/mol. The predicted octanol–water partition coefficient (Wildman–Crippen LogP) is 3.03. The molecule has 0 unspecified atom stereocenters. The van der Waals surface area contributed by atoms with Gasteiger partial charge in [0.15, 0.2) is 0 Å². The van der Waals surface area contributed by atoms with Crippen LogP contribution in [-0.2, 0) is 52.2 Å². The number of hydrogen-bond donors (Lipinski definition) is 1. The first-order valence-electron chi connectivity index (χ1n) is 16.6. The summed E-state index contributed by atoms with van der Waals surface area (Å²) in [7, 11) is 0. The summed E-state index contributed by atoms with van der Waals surface area (Å²) in [6.45, 7) is 10.4. The quantitative estimate of drug-likeness (QED) is 0.0863. The molecular formula is C35H53NO13. The lowest BCUT2D eigenvalue weighted by atomic mass is 10.2. The molecule has 0 aliphatic rings. The van der Waals surface area contributed by atoms with E-state index in [1.165, 1.54) is 6.92 Å². The molecular weight excluding hydrogens is 642 g/mol. The Labute approximate surface area is 289 Å². The standard InChI is InChI=1S/C35H53NO13/c1-31(37)36-33-7-9-34(10-8-33)48-29-27-46-25-23-44-21-19-42-17-15-40-13-11-39-12-14-41-16-18-43-20-22-45-24-26-47-28-30-49-35(38)32-5-3-2-4-6-32/h2-10H,11-30H2,1H3,(H,36,37). The van der Waals surface area contributed by atoms with Crippen molar-refractivity contribution in [2.75, 3.05) is 137 Å². The van der Waals surface area contributed by atoms with E-state index in [4.69, 9.17) is 52.1 Å². The van der Waals surface area contributed by atoms with Gasteiger partial charge < -0.3 is 57.4 Å². The molecule has 0 fully saturated rings. The molecule has 0 aliphatic carbocycles. The highest BCUT2D eigenvalue weighted by molar-refractivity contribution is 5.89. The predicted molar refractivity (Wildman–Crippen MR) is 180 cm³/mol. The molecule has 2 aromatic rings. The van der Waals surface area contributed by atoms with Gasteiger partial charge in [0.05, 0.1) is 124 Å². The van der Waals surface area contributed by atoms with Gasteiger partial charge in [0, 0.05) is 12.6 Å². The molecule has 0 atom stereocenters. The number of hydrogen-bond acceptors (Lipinski definition) is 13. The summed E-state index contributed by atoms with van der Waals surface area (Å²) in [5.41, 5.74) is 1.25. The maximum atomic E-state index is 11.8. The summed E-state index contributed by atoms with van der Waals surface area (Å²) in [5.74, 6) is 0.241. The highest BCUT2D eigenvalue weighted by Crippen LogP contribution is 2.15. The van der Waals surface area contributed by atoms with E-state index in [9.17, 15) is 9.59 Å². The maximum Gasteiger partial charge on any atom is 0.338 e. The Morgan fingerprint density at radius 2 is 0.796 bits per heavy atom. The smallest absolute Gasteiger partial charge is 0.338 e. The van der Waals surface area contributed by atoms with Gasteiger partial charge in [-0.1, -0.05) is 18.2 Å². The van der Waals surface area contributed by atoms with Gasteiger partial charge in [-0.05, 0) is 36.4 Å². The van der Waals surface area contributed by atoms with E-state index in [2.05, 4.69) is 5.32 Å². The largest absolute Gasteiger partial charge is 0.491 e. The van der Waals surface area contributed by atoms with Gasteiger partial charge in [-0.3, -0.25) is 4.79 Å². The third-order valence-corrected chi connectivity index (χ3v) is 6.12. The van der Waals surface area contributed by atoms with E-state index < -0.39 is 0 Å². The second-order valence-corrected chi connectivity index (χ2v) is 10.1. The van der Waals surface area contributed by atoms with Crippen LogP contribution in [0.2, 0.25) is 0 Å². The van der Waals surface area contributed by atoms with E-state index in [0.29, 0.717) is 137 Å². The molecule has 0 bridgehead atoms. The first kappa shape index (κ1) is 42.0. The Morgan fingerprint density at radius 3 is 1.16 bits per heavy atom. The molecule has 14 nitrogen and oxygen atoms in total. The van der Waals surface area contributed by atoms with E-state index in [1.54, 1.807) is 48.5 Å². The third-order valence-electron chi connectivity index (χ3n) is 6.12. The second kappa shape index (κ2) is 30.8. The fourth-order valence-electron chi connectivity index (χ4n) is 3.77. The zero-order chi connectivity index (χ0) is 34.9. The maximum absolute atomic E-state index is 11.8. The first-order chi connectivity index (χ1) is 24.1. The highest BCUT2D eigenvalue weighted by atomic mass is 16.6. The Kier molecular flexibility index (Phi) is 26.4. The average Bonchev–Trinajstić information content (AvgIpc) is 3.11. The molecule has 0 saturated heterocycles. The van der Waals surface area contributed by atoms with Crippen LogP contribution >= 0.6 is 0 Å². The molecule has 0 heterocycles. The molecule has 0 saturated carbocycles. The van der Waals surface area contributed by atoms with Crippen molar-refractivity contribution < 1.29 is 61.7 Å². The van der Waals surface area contributed by atoms with Crippen molar-refractivity contribution in [1.82, 2.24) is 0 Å². The van der Waals surface area contributed by atoms with Crippen molar-refractivity contribution >= 4 is 17.6 Å². The molecule has 0 radical (unpaired) electrons. The number of amides is 1. The van der Waals surface area contributed by atoms with Crippen molar-refractivity contribution in [3.8, 4) is 5.75 Å². The molecule has 0 aliphatic heterocycles. The molecule has 0 spiro atoms. The number of carbonyl (C=O) groups is 2. The molecule has 2 aromatic carbocycles. The van der Waals surface area contributed by atoms with Crippen LogP contribution in [0.5, 0.6) is 5.75 Å². The lowest BCUT2D eigenvalue weighted by molar-refractivity contribution is -0.114. The molecule has 49 heavy (non-hydrogen) atoms. The zero-order valence-corrected chi connectivity index (χ0v) is 28.6. The Balaban J connectivity index is 1.17. The van der Waals surface area contributed by atoms with Crippen LogP contribution in [0.4, 0.5) is 5.69 Å². The van der Waals surface area contributed by atoms with Crippen LogP contribution in [-0.4, -0.2) is 144 Å². The Hall–Kier alpha value is -3.18. The molecule has 1 amide bonds. The third kappa shape index (κ3) is 25.5. The van der Waals surface area contributed by atoms with Crippen LogP contribution in [0, 0.1) is 0 Å². The summed E-state index contributed by atoms with van der Waals surface area (Å²) < 4.78 is 59.9. The lowest BCUT2D eigenvalue weighted by Crippen LogP contribution is -2.15. The van der Waals surface area contributed by atoms with Crippen molar-refractivity contribution in [1.29, 1.82) is 0 Å². The van der Waals surface area contributed by atoms with E-state index in [0.717, 1.165) is 5.69 Å². The van der Waals surface area contributed by atoms with Crippen molar-refractivity contribution in [2.45, 2.75) is 6.92 Å². The number of ether oxygens (including phenoxy) is 11. The zero-order valence-electron chi connectivity index (χ0n) is 28.6. The van der Waals surface area contributed by atoms with Gasteiger partial charge >= 0.3 is 5.97 Å². The van der Waals surface area contributed by atoms with E-state index in [-0.39, 0.29) is 18.5 Å². The van der Waals surface area contributed by atoms with Crippen LogP contribution in [0.1, 0.15) is 17.3 Å². The molecule has 0 aromatic heterocycles. The minimum atomic E-state index is -0.360. The molecule has 2 rings (SSSR count). The number of anilines is 1. The minimum Gasteiger partial charge on any atom is -0.491 e. The summed E-state index contributed by atoms with van der Waals surface area (Å²) in [4.78, 5) is 22.8. The van der Waals surface area contributed by atoms with Gasteiger partial charge in [0.1, 0.15) is 19.0 Å². The monoisotopic (exact) mass is 695 g/mol. The number of nitrogens with one attached hydrogen (secondary N) is 1. The highest BCUT2D eigenvalue weighted by Gasteiger charge is 2.05. The van der Waals surface area contributed by atoms with Crippen molar-refractivity contribution in [2.24, 2.45) is 0 Å². The minimum absolute atomic E-state index is 0.111. The van der Waals surface area contributed by atoms with Crippen LogP contribution < -0.4 is 10.1 Å². The number of esters is 1. The Morgan fingerprint density at radius 1 is 0.449 bits per heavy atom. The van der Waals surface area contributed by atoms with Gasteiger partial charge in [-0.2, -0.15) is 0 Å². The number of benzene rings is 2. The van der Waals surface area contributed by atoms with Gasteiger partial charge in [0.2, 0.25) is 5.91 Å². The molecule has 14 heteroatoms. The van der Waals surface area contributed by atoms with Gasteiger partial charge in [0.25, 0.3) is 0 Å². The SMILES string of the molecule is CC(=O)Nc1ccc(OCCOCCOCCOCCOCCOCCOCCOCCOCCOCCOC(=O)c2ccccc2)cc1. The summed E-state index contributed by atoms with van der Waals surface area (Å²) >= 11 is 0. The van der Waals surface area contributed by atoms with Crippen LogP contribution in [0.3, 0.4) is 0 Å². The topological polar surface area (TPSA) is 148 Å². The molecule has 276 valence electrons. The summed E-state index contributed by atoms with van der Waals surface area (Å²) in [6, 6.07) is 16.0. The van der Waals surface area contributed by atoms with Crippen LogP contribution in [0.25, 0.3) is 0 Å². The van der Waals surface area contributed by atoms with Gasteiger partial charge in [-0.25, -0.2) is 4.79 Å². The van der Waals surface area contributed by atoms with E-state index in [1.807, 2.05) is 6.07 Å².